The van der Waals surface area contributed by atoms with Crippen LogP contribution in [-0.2, 0) is 4.74 Å². The summed E-state index contributed by atoms with van der Waals surface area (Å²) in [4.78, 5) is 0. The van der Waals surface area contributed by atoms with Crippen LogP contribution < -0.4 is 0 Å². The molecule has 1 nitrogen and oxygen atoms in total. The molecule has 0 aromatic heterocycles. The first kappa shape index (κ1) is 11.0. The lowest BCUT2D eigenvalue weighted by Gasteiger charge is -2.43. The lowest BCUT2D eigenvalue weighted by Crippen LogP contribution is -2.44. The van der Waals surface area contributed by atoms with Gasteiger partial charge in [-0.3, -0.25) is 0 Å². The Morgan fingerprint density at radius 3 is 1.45 bits per heavy atom. The second-order valence-electron chi connectivity index (χ2n) is 4.59. The van der Waals surface area contributed by atoms with Gasteiger partial charge in [0.15, 0.2) is 0 Å². The number of methoxy groups -OCH3 is 1. The molecule has 0 heterocycles. The predicted octanol–water partition coefficient (Wildman–Crippen LogP) is 3.09. The van der Waals surface area contributed by atoms with Gasteiger partial charge < -0.3 is 4.74 Å². The lowest BCUT2D eigenvalue weighted by molar-refractivity contribution is -0.0916. The van der Waals surface area contributed by atoms with Crippen LogP contribution in [0.3, 0.4) is 0 Å². The van der Waals surface area contributed by atoms with E-state index in [-0.39, 0.29) is 11.0 Å². The van der Waals surface area contributed by atoms with E-state index in [0.717, 1.165) is 0 Å². The van der Waals surface area contributed by atoms with E-state index in [2.05, 4.69) is 41.5 Å². The number of rotatable bonds is 3. The number of hydrogen-bond acceptors (Lipinski definition) is 1. The highest BCUT2D eigenvalue weighted by Crippen LogP contribution is 2.39. The second kappa shape index (κ2) is 3.14. The van der Waals surface area contributed by atoms with Gasteiger partial charge >= 0.3 is 0 Å². The smallest absolute Gasteiger partial charge is 0.0675 e. The maximum Gasteiger partial charge on any atom is 0.0675 e. The van der Waals surface area contributed by atoms with E-state index in [0.29, 0.717) is 5.92 Å². The van der Waals surface area contributed by atoms with Gasteiger partial charge in [-0.1, -0.05) is 27.7 Å². The number of hydrogen-bond donors (Lipinski definition) is 0. The Morgan fingerprint density at radius 2 is 1.36 bits per heavy atom. The summed E-state index contributed by atoms with van der Waals surface area (Å²) in [7, 11) is 1.78. The Hall–Kier alpha value is -0.0400. The average Bonchev–Trinajstić information content (AvgIpc) is 1.87. The first-order chi connectivity index (χ1) is 4.75. The van der Waals surface area contributed by atoms with Crippen LogP contribution in [0.5, 0.6) is 0 Å². The van der Waals surface area contributed by atoms with Crippen molar-refractivity contribution in [1.82, 2.24) is 0 Å². The zero-order chi connectivity index (χ0) is 9.28. The molecular weight excluding hydrogens is 136 g/mol. The molecule has 1 heteroatoms. The normalized spacial score (nSPS) is 14.2. The summed E-state index contributed by atoms with van der Waals surface area (Å²) in [6.45, 7) is 13.3. The van der Waals surface area contributed by atoms with Gasteiger partial charge in [0.1, 0.15) is 0 Å². The third kappa shape index (κ3) is 1.96. The van der Waals surface area contributed by atoms with E-state index in [1.54, 1.807) is 7.11 Å². The SMILES string of the molecule is COC(C)(C)C(C)(C)C(C)C. The van der Waals surface area contributed by atoms with Crippen molar-refractivity contribution < 1.29 is 4.74 Å². The van der Waals surface area contributed by atoms with Crippen molar-refractivity contribution in [2.24, 2.45) is 11.3 Å². The summed E-state index contributed by atoms with van der Waals surface area (Å²) in [5.74, 6) is 0.637. The van der Waals surface area contributed by atoms with Gasteiger partial charge in [0.05, 0.1) is 5.60 Å². The molecule has 11 heavy (non-hydrogen) atoms. The molecule has 0 bridgehead atoms. The maximum atomic E-state index is 5.46. The van der Waals surface area contributed by atoms with Crippen molar-refractivity contribution >= 4 is 0 Å². The van der Waals surface area contributed by atoms with Crippen LogP contribution in [-0.4, -0.2) is 12.7 Å². The summed E-state index contributed by atoms with van der Waals surface area (Å²) in [5.41, 5.74) is 0.183. The summed E-state index contributed by atoms with van der Waals surface area (Å²) in [5, 5.41) is 0. The molecule has 0 saturated heterocycles. The Bertz CT molecular complexity index is 123. The van der Waals surface area contributed by atoms with E-state index in [1.165, 1.54) is 0 Å². The molecule has 0 N–H and O–H groups in total. The molecule has 68 valence electrons. The number of ether oxygens (including phenoxy) is 1. The van der Waals surface area contributed by atoms with Gasteiger partial charge in [-0.05, 0) is 25.2 Å². The Morgan fingerprint density at radius 1 is 1.00 bits per heavy atom. The monoisotopic (exact) mass is 158 g/mol. The summed E-state index contributed by atoms with van der Waals surface area (Å²) in [6.07, 6.45) is 0. The standard InChI is InChI=1S/C10H22O/c1-8(2)9(3,4)10(5,6)11-7/h8H,1-7H3. The fraction of sp³-hybridized carbons (Fsp3) is 1.00. The molecule has 0 aliphatic rings. The minimum atomic E-state index is -0.0405. The fourth-order valence-electron chi connectivity index (χ4n) is 0.958. The Balaban J connectivity index is 4.53. The zero-order valence-corrected chi connectivity index (χ0v) is 8.99. The third-order valence-electron chi connectivity index (χ3n) is 3.51. The fourth-order valence-corrected chi connectivity index (χ4v) is 0.958. The van der Waals surface area contributed by atoms with Crippen LogP contribution in [0, 0.1) is 11.3 Å². The highest BCUT2D eigenvalue weighted by Gasteiger charge is 2.39. The molecule has 0 aromatic carbocycles. The first-order valence-corrected chi connectivity index (χ1v) is 4.31. The third-order valence-corrected chi connectivity index (χ3v) is 3.51. The van der Waals surface area contributed by atoms with Crippen LogP contribution >= 0.6 is 0 Å². The zero-order valence-electron chi connectivity index (χ0n) is 8.99. The maximum absolute atomic E-state index is 5.46. The first-order valence-electron chi connectivity index (χ1n) is 4.31. The largest absolute Gasteiger partial charge is 0.378 e. The van der Waals surface area contributed by atoms with Crippen LogP contribution in [0.1, 0.15) is 41.5 Å². The second-order valence-corrected chi connectivity index (χ2v) is 4.59. The van der Waals surface area contributed by atoms with Gasteiger partial charge in [0, 0.05) is 7.11 Å². The lowest BCUT2D eigenvalue weighted by atomic mass is 9.69. The van der Waals surface area contributed by atoms with Gasteiger partial charge in [0.2, 0.25) is 0 Å². The molecular formula is C10H22O. The van der Waals surface area contributed by atoms with Gasteiger partial charge in [-0.15, -0.1) is 0 Å². The molecule has 0 atom stereocenters. The van der Waals surface area contributed by atoms with E-state index in [4.69, 9.17) is 4.74 Å². The predicted molar refractivity (Wildman–Crippen MR) is 49.7 cm³/mol. The van der Waals surface area contributed by atoms with Gasteiger partial charge in [-0.25, -0.2) is 0 Å². The molecule has 0 radical (unpaired) electrons. The molecule has 0 saturated carbocycles. The van der Waals surface area contributed by atoms with Crippen LogP contribution in [0.15, 0.2) is 0 Å². The molecule has 0 aliphatic carbocycles. The average molecular weight is 158 g/mol. The molecule has 0 fully saturated rings. The van der Waals surface area contributed by atoms with Crippen LogP contribution in [0.2, 0.25) is 0 Å². The van der Waals surface area contributed by atoms with E-state index in [9.17, 15) is 0 Å². The minimum Gasteiger partial charge on any atom is -0.378 e. The molecule has 0 amide bonds. The highest BCUT2D eigenvalue weighted by molar-refractivity contribution is 4.89. The van der Waals surface area contributed by atoms with Crippen molar-refractivity contribution in [2.75, 3.05) is 7.11 Å². The molecule has 0 rings (SSSR count). The van der Waals surface area contributed by atoms with Gasteiger partial charge in [0.25, 0.3) is 0 Å². The van der Waals surface area contributed by atoms with Crippen molar-refractivity contribution in [3.63, 3.8) is 0 Å². The van der Waals surface area contributed by atoms with Crippen molar-refractivity contribution in [1.29, 1.82) is 0 Å². The van der Waals surface area contributed by atoms with Crippen molar-refractivity contribution in [2.45, 2.75) is 47.1 Å². The van der Waals surface area contributed by atoms with E-state index < -0.39 is 0 Å². The summed E-state index contributed by atoms with van der Waals surface area (Å²) >= 11 is 0. The molecule has 0 aliphatic heterocycles. The molecule has 0 aromatic rings. The topological polar surface area (TPSA) is 9.23 Å². The molecule has 0 unspecified atom stereocenters. The van der Waals surface area contributed by atoms with Crippen molar-refractivity contribution in [3.05, 3.63) is 0 Å². The Kier molecular flexibility index (Phi) is 3.13. The summed E-state index contributed by atoms with van der Waals surface area (Å²) < 4.78 is 5.46. The van der Waals surface area contributed by atoms with E-state index >= 15 is 0 Å². The molecule has 0 spiro atoms. The van der Waals surface area contributed by atoms with Crippen molar-refractivity contribution in [3.8, 4) is 0 Å². The summed E-state index contributed by atoms with van der Waals surface area (Å²) in [6, 6.07) is 0. The van der Waals surface area contributed by atoms with Crippen LogP contribution in [0.25, 0.3) is 0 Å². The quantitative estimate of drug-likeness (QED) is 0.613. The highest BCUT2D eigenvalue weighted by atomic mass is 16.5. The Labute approximate surface area is 71.1 Å². The minimum absolute atomic E-state index is 0.0405. The van der Waals surface area contributed by atoms with Crippen LogP contribution in [0.4, 0.5) is 0 Å². The van der Waals surface area contributed by atoms with E-state index in [1.807, 2.05) is 0 Å². The van der Waals surface area contributed by atoms with Gasteiger partial charge in [-0.2, -0.15) is 0 Å².